The second-order valence-electron chi connectivity index (χ2n) is 5.43. The Labute approximate surface area is 114 Å². The highest BCUT2D eigenvalue weighted by Gasteiger charge is 2.26. The van der Waals surface area contributed by atoms with Crippen molar-refractivity contribution in [2.75, 3.05) is 13.2 Å². The molecule has 19 heavy (non-hydrogen) atoms. The number of hydrogen-bond acceptors (Lipinski definition) is 3. The topological polar surface area (TPSA) is 67.4 Å². The Hall–Kier alpha value is -1.10. The van der Waals surface area contributed by atoms with Crippen LogP contribution in [0.2, 0.25) is 0 Å². The van der Waals surface area contributed by atoms with Crippen LogP contribution in [0.3, 0.4) is 0 Å². The van der Waals surface area contributed by atoms with Gasteiger partial charge >= 0.3 is 0 Å². The summed E-state index contributed by atoms with van der Waals surface area (Å²) in [5, 5.41) is 5.51. The van der Waals surface area contributed by atoms with E-state index in [0.717, 1.165) is 6.42 Å². The molecule has 1 atom stereocenters. The third-order valence-electron chi connectivity index (χ3n) is 3.84. The van der Waals surface area contributed by atoms with Gasteiger partial charge in [-0.05, 0) is 25.7 Å². The minimum Gasteiger partial charge on any atom is -0.378 e. The van der Waals surface area contributed by atoms with Gasteiger partial charge in [-0.3, -0.25) is 9.59 Å². The minimum atomic E-state index is -0.327. The number of amides is 2. The molecule has 5 heteroatoms. The molecule has 0 aromatic rings. The van der Waals surface area contributed by atoms with E-state index in [9.17, 15) is 9.59 Å². The van der Waals surface area contributed by atoms with E-state index in [-0.39, 0.29) is 17.9 Å². The Bertz CT molecular complexity index is 314. The van der Waals surface area contributed by atoms with Crippen LogP contribution in [0.1, 0.15) is 51.4 Å². The third-order valence-corrected chi connectivity index (χ3v) is 3.84. The van der Waals surface area contributed by atoms with E-state index in [0.29, 0.717) is 32.1 Å². The van der Waals surface area contributed by atoms with Crippen molar-refractivity contribution in [3.63, 3.8) is 0 Å². The van der Waals surface area contributed by atoms with Gasteiger partial charge < -0.3 is 15.4 Å². The average Bonchev–Trinajstić information content (AvgIpc) is 2.86. The van der Waals surface area contributed by atoms with Gasteiger partial charge in [-0.2, -0.15) is 0 Å². The van der Waals surface area contributed by atoms with Crippen molar-refractivity contribution in [2.24, 2.45) is 0 Å². The van der Waals surface area contributed by atoms with Gasteiger partial charge in [-0.15, -0.1) is 0 Å². The van der Waals surface area contributed by atoms with Crippen molar-refractivity contribution in [3.8, 4) is 0 Å². The first-order valence-corrected chi connectivity index (χ1v) is 7.44. The van der Waals surface area contributed by atoms with Crippen molar-refractivity contribution in [1.29, 1.82) is 0 Å². The van der Waals surface area contributed by atoms with Gasteiger partial charge in [-0.1, -0.05) is 19.3 Å². The molecule has 2 N–H and O–H groups in total. The zero-order valence-electron chi connectivity index (χ0n) is 11.5. The van der Waals surface area contributed by atoms with E-state index in [1.807, 2.05) is 0 Å². The maximum absolute atomic E-state index is 11.7. The lowest BCUT2D eigenvalue weighted by atomic mass is 9.98. The minimum absolute atomic E-state index is 0.0271. The molecular weight excluding hydrogens is 244 g/mol. The summed E-state index contributed by atoms with van der Waals surface area (Å²) in [6.45, 7) is 1.33. The molecule has 2 aliphatic rings. The van der Waals surface area contributed by atoms with Crippen LogP contribution >= 0.6 is 0 Å². The lowest BCUT2D eigenvalue weighted by molar-refractivity contribution is -0.125. The van der Waals surface area contributed by atoms with E-state index in [1.54, 1.807) is 0 Å². The third kappa shape index (κ3) is 4.82. The molecule has 0 aromatic carbocycles. The molecule has 0 bridgehead atoms. The van der Waals surface area contributed by atoms with E-state index >= 15 is 0 Å². The maximum Gasteiger partial charge on any atom is 0.242 e. The summed E-state index contributed by atoms with van der Waals surface area (Å²) >= 11 is 0. The summed E-state index contributed by atoms with van der Waals surface area (Å²) in [5.41, 5.74) is 0. The lowest BCUT2D eigenvalue weighted by Gasteiger charge is -2.22. The second-order valence-corrected chi connectivity index (χ2v) is 5.43. The largest absolute Gasteiger partial charge is 0.378 e. The number of rotatable bonds is 6. The fourth-order valence-electron chi connectivity index (χ4n) is 2.70. The van der Waals surface area contributed by atoms with E-state index < -0.39 is 0 Å². The van der Waals surface area contributed by atoms with Gasteiger partial charge in [-0.25, -0.2) is 0 Å². The number of carbonyl (C=O) groups excluding carboxylic acids is 2. The average molecular weight is 268 g/mol. The van der Waals surface area contributed by atoms with E-state index in [2.05, 4.69) is 10.6 Å². The lowest BCUT2D eigenvalue weighted by Crippen LogP contribution is -2.42. The molecule has 108 valence electrons. The molecule has 2 rings (SSSR count). The van der Waals surface area contributed by atoms with Gasteiger partial charge in [0.2, 0.25) is 11.8 Å². The molecule has 2 amide bonds. The number of carbonyl (C=O) groups is 2. The summed E-state index contributed by atoms with van der Waals surface area (Å²) < 4.78 is 5.79. The molecule has 1 heterocycles. The quantitative estimate of drug-likeness (QED) is 0.709. The standard InChI is InChI=1S/C14H24N2O3/c17-13-8-7-12(16-13)14(18)15-9-4-10-19-11-5-2-1-3-6-11/h11-12H,1-10H2,(H,15,18)(H,16,17)/t12-/m0/s1. The van der Waals surface area contributed by atoms with Crippen molar-refractivity contribution in [1.82, 2.24) is 10.6 Å². The molecule has 0 spiro atoms. The van der Waals surface area contributed by atoms with Crippen LogP contribution in [0.4, 0.5) is 0 Å². The van der Waals surface area contributed by atoms with Crippen molar-refractivity contribution in [2.45, 2.75) is 63.5 Å². The Morgan fingerprint density at radius 3 is 2.74 bits per heavy atom. The molecule has 1 aliphatic heterocycles. The zero-order chi connectivity index (χ0) is 13.5. The first-order chi connectivity index (χ1) is 9.25. The molecule has 0 radical (unpaired) electrons. The highest BCUT2D eigenvalue weighted by atomic mass is 16.5. The first kappa shape index (κ1) is 14.3. The van der Waals surface area contributed by atoms with Gasteiger partial charge in [0.25, 0.3) is 0 Å². The highest BCUT2D eigenvalue weighted by Crippen LogP contribution is 2.20. The summed E-state index contributed by atoms with van der Waals surface area (Å²) in [6.07, 6.45) is 8.60. The molecule has 1 aliphatic carbocycles. The number of nitrogens with one attached hydrogen (secondary N) is 2. The Morgan fingerprint density at radius 2 is 2.05 bits per heavy atom. The van der Waals surface area contributed by atoms with Crippen LogP contribution in [0.25, 0.3) is 0 Å². The zero-order valence-corrected chi connectivity index (χ0v) is 11.5. The molecule has 1 saturated heterocycles. The number of ether oxygens (including phenoxy) is 1. The maximum atomic E-state index is 11.7. The van der Waals surface area contributed by atoms with Crippen LogP contribution < -0.4 is 10.6 Å². The monoisotopic (exact) mass is 268 g/mol. The van der Waals surface area contributed by atoms with Gasteiger partial charge in [0, 0.05) is 19.6 Å². The Kier molecular flexibility index (Phi) is 5.63. The first-order valence-electron chi connectivity index (χ1n) is 7.44. The van der Waals surface area contributed by atoms with E-state index in [1.165, 1.54) is 32.1 Å². The van der Waals surface area contributed by atoms with Gasteiger partial charge in [0.15, 0.2) is 0 Å². The molecule has 0 unspecified atom stereocenters. The predicted octanol–water partition coefficient (Wildman–Crippen LogP) is 1.12. The van der Waals surface area contributed by atoms with Crippen LogP contribution in [-0.2, 0) is 14.3 Å². The highest BCUT2D eigenvalue weighted by molar-refractivity contribution is 5.90. The van der Waals surface area contributed by atoms with Gasteiger partial charge in [0.05, 0.1) is 6.10 Å². The fraction of sp³-hybridized carbons (Fsp3) is 0.857. The van der Waals surface area contributed by atoms with Crippen LogP contribution in [0, 0.1) is 0 Å². The van der Waals surface area contributed by atoms with E-state index in [4.69, 9.17) is 4.74 Å². The summed E-state index contributed by atoms with van der Waals surface area (Å²) in [6, 6.07) is -0.327. The molecular formula is C14H24N2O3. The van der Waals surface area contributed by atoms with Crippen molar-refractivity contribution < 1.29 is 14.3 Å². The molecule has 0 aromatic heterocycles. The van der Waals surface area contributed by atoms with Crippen LogP contribution in [-0.4, -0.2) is 37.1 Å². The molecule has 2 fully saturated rings. The summed E-state index contributed by atoms with van der Waals surface area (Å²) in [5.74, 6) is -0.0932. The van der Waals surface area contributed by atoms with Crippen LogP contribution in [0.15, 0.2) is 0 Å². The Morgan fingerprint density at radius 1 is 1.26 bits per heavy atom. The fourth-order valence-corrected chi connectivity index (χ4v) is 2.70. The molecule has 5 nitrogen and oxygen atoms in total. The predicted molar refractivity (Wildman–Crippen MR) is 71.6 cm³/mol. The SMILES string of the molecule is O=C1CC[C@@H](C(=O)NCCCOC2CCCCC2)N1. The van der Waals surface area contributed by atoms with Crippen molar-refractivity contribution in [3.05, 3.63) is 0 Å². The normalized spacial score (nSPS) is 24.2. The smallest absolute Gasteiger partial charge is 0.242 e. The Balaban J connectivity index is 1.49. The summed E-state index contributed by atoms with van der Waals surface area (Å²) in [4.78, 5) is 22.7. The summed E-state index contributed by atoms with van der Waals surface area (Å²) in [7, 11) is 0. The van der Waals surface area contributed by atoms with Crippen molar-refractivity contribution >= 4 is 11.8 Å². The van der Waals surface area contributed by atoms with Crippen LogP contribution in [0.5, 0.6) is 0 Å². The second kappa shape index (κ2) is 7.48. The van der Waals surface area contributed by atoms with Gasteiger partial charge in [0.1, 0.15) is 6.04 Å². The number of hydrogen-bond donors (Lipinski definition) is 2. The molecule has 1 saturated carbocycles.